The maximum atomic E-state index is 13.2. The largest absolute Gasteiger partial charge is 0.355 e. The molecule has 2 amide bonds. The second kappa shape index (κ2) is 8.27. The quantitative estimate of drug-likeness (QED) is 0.248. The smallest absolute Gasteiger partial charge is 0.270 e. The monoisotopic (exact) mass is 473 g/mol. The molecule has 1 aromatic heterocycles. The third-order valence-electron chi connectivity index (χ3n) is 5.31. The Hall–Kier alpha value is -3.81. The molecule has 0 radical (unpaired) electrons. The van der Waals surface area contributed by atoms with E-state index < -0.39 is 11.8 Å². The van der Waals surface area contributed by atoms with E-state index in [0.717, 1.165) is 16.5 Å². The second-order valence-electron chi connectivity index (χ2n) is 7.59. The van der Waals surface area contributed by atoms with E-state index in [1.54, 1.807) is 36.4 Å². The van der Waals surface area contributed by atoms with E-state index >= 15 is 0 Å². The number of nitrogens with one attached hydrogen (secondary N) is 1. The minimum absolute atomic E-state index is 0.0145. The second-order valence-corrected chi connectivity index (χ2v) is 8.41. The van der Waals surface area contributed by atoms with Crippen molar-refractivity contribution < 1.29 is 14.1 Å². The molecule has 6 nitrogen and oxygen atoms in total. The van der Waals surface area contributed by atoms with E-state index in [2.05, 4.69) is 10.5 Å². The first-order valence-corrected chi connectivity index (χ1v) is 10.8. The minimum atomic E-state index is -0.556. The van der Waals surface area contributed by atoms with Gasteiger partial charge in [0, 0.05) is 10.6 Å². The summed E-state index contributed by atoms with van der Waals surface area (Å²) in [6, 6.07) is 20.0. The highest BCUT2D eigenvalue weighted by atomic mass is 35.5. The Bertz CT molecular complexity index is 1460. The van der Waals surface area contributed by atoms with Gasteiger partial charge < -0.3 is 4.52 Å². The summed E-state index contributed by atoms with van der Waals surface area (Å²) >= 11 is 11.2. The van der Waals surface area contributed by atoms with Crippen LogP contribution in [-0.2, 0) is 9.59 Å². The van der Waals surface area contributed by atoms with Crippen molar-refractivity contribution in [3.8, 4) is 11.3 Å². The van der Waals surface area contributed by atoms with Gasteiger partial charge in [0.1, 0.15) is 11.1 Å². The van der Waals surface area contributed by atoms with Gasteiger partial charge in [-0.15, -0.1) is 0 Å². The van der Waals surface area contributed by atoms with Gasteiger partial charge in [-0.3, -0.25) is 19.8 Å². The van der Waals surface area contributed by atoms with Gasteiger partial charge in [-0.05, 0) is 67.2 Å². The Labute approximate surface area is 199 Å². The van der Waals surface area contributed by atoms with Crippen LogP contribution in [0.4, 0.5) is 5.69 Å². The van der Waals surface area contributed by atoms with Crippen LogP contribution >= 0.6 is 23.8 Å². The number of aryl methyl sites for hydroxylation is 1. The maximum absolute atomic E-state index is 13.2. The third kappa shape index (κ3) is 3.92. The Kier molecular flexibility index (Phi) is 5.28. The van der Waals surface area contributed by atoms with Crippen molar-refractivity contribution in [3.05, 3.63) is 88.5 Å². The molecule has 0 unspecified atom stereocenters. The number of halogens is 1. The first-order valence-electron chi connectivity index (χ1n) is 10.0. The van der Waals surface area contributed by atoms with Gasteiger partial charge in [0.25, 0.3) is 11.8 Å². The van der Waals surface area contributed by atoms with Gasteiger partial charge in [-0.1, -0.05) is 52.7 Å². The number of hydrogen-bond acceptors (Lipinski definition) is 5. The number of hydrogen-bond donors (Lipinski definition) is 1. The van der Waals surface area contributed by atoms with Gasteiger partial charge >= 0.3 is 0 Å². The number of nitrogens with zero attached hydrogens (tertiary/aromatic N) is 2. The zero-order chi connectivity index (χ0) is 23.1. The van der Waals surface area contributed by atoms with Crippen molar-refractivity contribution in [1.29, 1.82) is 0 Å². The Morgan fingerprint density at radius 2 is 1.76 bits per heavy atom. The zero-order valence-corrected chi connectivity index (χ0v) is 18.9. The SMILES string of the molecule is Cc1ccc(-c2onc3ccc(C=C4C(=O)NC(=S)N(c5ccc(Cl)cc5)C4=O)cc23)cc1. The van der Waals surface area contributed by atoms with Gasteiger partial charge in [0.15, 0.2) is 10.9 Å². The number of carbonyl (C=O) groups excluding carboxylic acids is 2. The van der Waals surface area contributed by atoms with Crippen LogP contribution in [0.3, 0.4) is 0 Å². The van der Waals surface area contributed by atoms with Gasteiger partial charge in [0.05, 0.1) is 11.1 Å². The van der Waals surface area contributed by atoms with Crippen molar-refractivity contribution in [2.24, 2.45) is 0 Å². The average Bonchev–Trinajstić information content (AvgIpc) is 3.21. The molecule has 1 N–H and O–H groups in total. The molecule has 1 saturated heterocycles. The first-order chi connectivity index (χ1) is 15.9. The van der Waals surface area contributed by atoms with Crippen LogP contribution in [0.25, 0.3) is 28.3 Å². The van der Waals surface area contributed by atoms with Gasteiger partial charge in [0.2, 0.25) is 0 Å². The highest BCUT2D eigenvalue weighted by Gasteiger charge is 2.34. The van der Waals surface area contributed by atoms with Crippen LogP contribution < -0.4 is 10.2 Å². The molecule has 33 heavy (non-hydrogen) atoms. The fourth-order valence-electron chi connectivity index (χ4n) is 3.61. The lowest BCUT2D eigenvalue weighted by molar-refractivity contribution is -0.122. The van der Waals surface area contributed by atoms with E-state index in [9.17, 15) is 9.59 Å². The standard InChI is InChI=1S/C25H16ClN3O3S/c1-14-2-5-16(6-3-14)22-19-12-15(4-11-21(19)28-32-22)13-20-23(30)27-25(33)29(24(20)31)18-9-7-17(26)8-10-18/h2-13H,1H3,(H,27,30,33). The number of rotatable bonds is 3. The summed E-state index contributed by atoms with van der Waals surface area (Å²) in [7, 11) is 0. The summed E-state index contributed by atoms with van der Waals surface area (Å²) in [5.41, 5.74) is 3.83. The molecule has 5 rings (SSSR count). The van der Waals surface area contributed by atoms with E-state index in [0.29, 0.717) is 27.6 Å². The van der Waals surface area contributed by atoms with Crippen LogP contribution in [0.15, 0.2) is 76.8 Å². The summed E-state index contributed by atoms with van der Waals surface area (Å²) in [4.78, 5) is 27.1. The predicted octanol–water partition coefficient (Wildman–Crippen LogP) is 5.29. The molecule has 0 spiro atoms. The first kappa shape index (κ1) is 21.1. The molecule has 162 valence electrons. The minimum Gasteiger partial charge on any atom is -0.355 e. The predicted molar refractivity (Wildman–Crippen MR) is 132 cm³/mol. The van der Waals surface area contributed by atoms with E-state index in [-0.39, 0.29) is 10.7 Å². The zero-order valence-electron chi connectivity index (χ0n) is 17.3. The molecule has 0 bridgehead atoms. The summed E-state index contributed by atoms with van der Waals surface area (Å²) in [6.07, 6.45) is 1.54. The molecule has 2 heterocycles. The highest BCUT2D eigenvalue weighted by Crippen LogP contribution is 2.31. The molecule has 8 heteroatoms. The molecule has 1 fully saturated rings. The molecule has 1 aliphatic heterocycles. The molecule has 4 aromatic rings. The van der Waals surface area contributed by atoms with Gasteiger partial charge in [-0.2, -0.15) is 0 Å². The highest BCUT2D eigenvalue weighted by molar-refractivity contribution is 7.80. The lowest BCUT2D eigenvalue weighted by Crippen LogP contribution is -2.54. The van der Waals surface area contributed by atoms with Crippen LogP contribution in [0.5, 0.6) is 0 Å². The van der Waals surface area contributed by atoms with E-state index in [1.165, 1.54) is 11.0 Å². The molecule has 0 atom stereocenters. The number of aromatic nitrogens is 1. The number of carbonyl (C=O) groups is 2. The van der Waals surface area contributed by atoms with Crippen LogP contribution in [0, 0.1) is 6.92 Å². The topological polar surface area (TPSA) is 75.4 Å². The molecular formula is C25H16ClN3O3S. The number of anilines is 1. The molecule has 3 aromatic carbocycles. The van der Waals surface area contributed by atoms with Crippen molar-refractivity contribution in [2.45, 2.75) is 6.92 Å². The Balaban J connectivity index is 1.55. The van der Waals surface area contributed by atoms with Crippen molar-refractivity contribution in [1.82, 2.24) is 10.5 Å². The van der Waals surface area contributed by atoms with Crippen LogP contribution in [0.2, 0.25) is 5.02 Å². The number of fused-ring (bicyclic) bond motifs is 1. The fraction of sp³-hybridized carbons (Fsp3) is 0.0400. The lowest BCUT2D eigenvalue weighted by Gasteiger charge is -2.28. The third-order valence-corrected chi connectivity index (χ3v) is 5.85. The van der Waals surface area contributed by atoms with Crippen molar-refractivity contribution in [3.63, 3.8) is 0 Å². The summed E-state index contributed by atoms with van der Waals surface area (Å²) in [5.74, 6) is -0.455. The van der Waals surface area contributed by atoms with Crippen LogP contribution in [0.1, 0.15) is 11.1 Å². The Morgan fingerprint density at radius 3 is 2.48 bits per heavy atom. The molecule has 0 saturated carbocycles. The van der Waals surface area contributed by atoms with Crippen molar-refractivity contribution in [2.75, 3.05) is 4.90 Å². The fourth-order valence-corrected chi connectivity index (χ4v) is 4.02. The van der Waals surface area contributed by atoms with Gasteiger partial charge in [-0.25, -0.2) is 0 Å². The van der Waals surface area contributed by atoms with Crippen molar-refractivity contribution >= 4 is 63.4 Å². The maximum Gasteiger partial charge on any atom is 0.270 e. The number of benzene rings is 3. The number of thiocarbonyl (C=S) groups is 1. The average molecular weight is 474 g/mol. The molecule has 0 aliphatic carbocycles. The Morgan fingerprint density at radius 1 is 1.03 bits per heavy atom. The summed E-state index contributed by atoms with van der Waals surface area (Å²) in [6.45, 7) is 2.01. The molecule has 1 aliphatic rings. The van der Waals surface area contributed by atoms with Crippen LogP contribution in [-0.4, -0.2) is 22.1 Å². The van der Waals surface area contributed by atoms with E-state index in [1.807, 2.05) is 37.3 Å². The summed E-state index contributed by atoms with van der Waals surface area (Å²) < 4.78 is 5.57. The van der Waals surface area contributed by atoms with E-state index in [4.69, 9.17) is 28.3 Å². The molecular weight excluding hydrogens is 458 g/mol. The number of amides is 2. The normalized spacial score (nSPS) is 15.4. The summed E-state index contributed by atoms with van der Waals surface area (Å²) in [5, 5.41) is 8.03. The lowest BCUT2D eigenvalue weighted by atomic mass is 10.0.